The molecule has 2 bridgehead atoms. The van der Waals surface area contributed by atoms with E-state index in [-0.39, 0.29) is 23.1 Å². The first-order valence-corrected chi connectivity index (χ1v) is 10.2. The lowest BCUT2D eigenvalue weighted by atomic mass is 9.87. The molecule has 0 aromatic heterocycles. The lowest BCUT2D eigenvalue weighted by Gasteiger charge is -2.43. The first-order valence-electron chi connectivity index (χ1n) is 8.76. The standard InChI is InChI=1S/C19H29NO3S/c1-18(2,3)14-6-10-17(11-7-14)24(21,22)20-15-8-9-16(20)13-19(4,12-15)23-5/h6-7,10-11,15-16H,8-9,12-13H2,1-5H3. The van der Waals surface area contributed by atoms with Crippen LogP contribution < -0.4 is 0 Å². The fourth-order valence-electron chi connectivity index (χ4n) is 4.21. The van der Waals surface area contributed by atoms with Gasteiger partial charge in [-0.15, -0.1) is 0 Å². The topological polar surface area (TPSA) is 46.6 Å². The molecule has 24 heavy (non-hydrogen) atoms. The highest BCUT2D eigenvalue weighted by molar-refractivity contribution is 7.89. The molecular formula is C19H29NO3S. The zero-order chi connectivity index (χ0) is 17.8. The Labute approximate surface area is 146 Å². The van der Waals surface area contributed by atoms with Crippen LogP contribution in [0.25, 0.3) is 0 Å². The molecule has 5 heteroatoms. The van der Waals surface area contributed by atoms with Gasteiger partial charge in [0.05, 0.1) is 10.5 Å². The van der Waals surface area contributed by atoms with Crippen molar-refractivity contribution in [3.05, 3.63) is 29.8 Å². The molecule has 2 unspecified atom stereocenters. The molecule has 0 N–H and O–H groups in total. The molecule has 0 amide bonds. The second kappa shape index (κ2) is 5.82. The van der Waals surface area contributed by atoms with E-state index in [0.29, 0.717) is 4.90 Å². The third kappa shape index (κ3) is 3.02. The average Bonchev–Trinajstić information content (AvgIpc) is 2.80. The quantitative estimate of drug-likeness (QED) is 0.834. The predicted octanol–water partition coefficient (Wildman–Crippen LogP) is 3.70. The number of hydrogen-bond donors (Lipinski definition) is 0. The third-order valence-corrected chi connectivity index (χ3v) is 7.70. The van der Waals surface area contributed by atoms with E-state index in [0.717, 1.165) is 31.2 Å². The number of hydrogen-bond acceptors (Lipinski definition) is 3. The van der Waals surface area contributed by atoms with Gasteiger partial charge >= 0.3 is 0 Å². The van der Waals surface area contributed by atoms with Crippen molar-refractivity contribution < 1.29 is 13.2 Å². The Bertz CT molecular complexity index is 689. The first kappa shape index (κ1) is 17.9. The Morgan fingerprint density at radius 2 is 1.58 bits per heavy atom. The van der Waals surface area contributed by atoms with E-state index < -0.39 is 10.0 Å². The van der Waals surface area contributed by atoms with Gasteiger partial charge in [0.25, 0.3) is 0 Å². The van der Waals surface area contributed by atoms with E-state index in [9.17, 15) is 8.42 Å². The minimum atomic E-state index is -3.44. The Morgan fingerprint density at radius 1 is 1.08 bits per heavy atom. The summed E-state index contributed by atoms with van der Waals surface area (Å²) in [6.07, 6.45) is 3.42. The van der Waals surface area contributed by atoms with E-state index in [4.69, 9.17) is 4.74 Å². The van der Waals surface area contributed by atoms with Crippen LogP contribution in [0, 0.1) is 0 Å². The summed E-state index contributed by atoms with van der Waals surface area (Å²) in [5.41, 5.74) is 0.968. The maximum atomic E-state index is 13.2. The predicted molar refractivity (Wildman–Crippen MR) is 95.6 cm³/mol. The van der Waals surface area contributed by atoms with Crippen LogP contribution in [0.4, 0.5) is 0 Å². The van der Waals surface area contributed by atoms with Crippen LogP contribution >= 0.6 is 0 Å². The van der Waals surface area contributed by atoms with Crippen LogP contribution in [0.2, 0.25) is 0 Å². The number of fused-ring (bicyclic) bond motifs is 2. The molecule has 2 aliphatic rings. The molecule has 0 aliphatic carbocycles. The number of methoxy groups -OCH3 is 1. The lowest BCUT2D eigenvalue weighted by Crippen LogP contribution is -2.52. The highest BCUT2D eigenvalue weighted by Gasteiger charge is 2.51. The van der Waals surface area contributed by atoms with E-state index in [1.165, 1.54) is 0 Å². The van der Waals surface area contributed by atoms with Gasteiger partial charge in [0.1, 0.15) is 0 Å². The number of rotatable bonds is 3. The lowest BCUT2D eigenvalue weighted by molar-refractivity contribution is -0.0497. The van der Waals surface area contributed by atoms with Crippen LogP contribution in [0.1, 0.15) is 58.9 Å². The Morgan fingerprint density at radius 3 is 2.00 bits per heavy atom. The van der Waals surface area contributed by atoms with Crippen LogP contribution in [0.15, 0.2) is 29.2 Å². The van der Waals surface area contributed by atoms with Crippen LogP contribution in [0.3, 0.4) is 0 Å². The van der Waals surface area contributed by atoms with Gasteiger partial charge in [0.2, 0.25) is 10.0 Å². The molecule has 4 nitrogen and oxygen atoms in total. The van der Waals surface area contributed by atoms with Gasteiger partial charge in [-0.25, -0.2) is 8.42 Å². The molecule has 0 saturated carbocycles. The maximum Gasteiger partial charge on any atom is 0.243 e. The molecule has 2 aliphatic heterocycles. The maximum absolute atomic E-state index is 13.2. The highest BCUT2D eigenvalue weighted by Crippen LogP contribution is 2.44. The fourth-order valence-corrected chi connectivity index (χ4v) is 6.08. The number of piperidine rings is 1. The van der Waals surface area contributed by atoms with Gasteiger partial charge < -0.3 is 4.74 Å². The highest BCUT2D eigenvalue weighted by atomic mass is 32.2. The van der Waals surface area contributed by atoms with E-state index >= 15 is 0 Å². The summed E-state index contributed by atoms with van der Waals surface area (Å²) < 4.78 is 33.8. The summed E-state index contributed by atoms with van der Waals surface area (Å²) >= 11 is 0. The minimum Gasteiger partial charge on any atom is -0.378 e. The Hall–Kier alpha value is -0.910. The van der Waals surface area contributed by atoms with Crippen molar-refractivity contribution in [2.75, 3.05) is 7.11 Å². The van der Waals surface area contributed by atoms with E-state index in [1.807, 2.05) is 12.1 Å². The first-order chi connectivity index (χ1) is 11.1. The zero-order valence-corrected chi connectivity index (χ0v) is 16.2. The van der Waals surface area contributed by atoms with E-state index in [2.05, 4.69) is 27.7 Å². The van der Waals surface area contributed by atoms with Gasteiger partial charge in [-0.1, -0.05) is 32.9 Å². The zero-order valence-electron chi connectivity index (χ0n) is 15.4. The smallest absolute Gasteiger partial charge is 0.243 e. The molecule has 0 radical (unpaired) electrons. The van der Waals surface area contributed by atoms with Gasteiger partial charge in [-0.2, -0.15) is 4.31 Å². The monoisotopic (exact) mass is 351 g/mol. The molecule has 0 spiro atoms. The number of sulfonamides is 1. The minimum absolute atomic E-state index is 0.0206. The molecular weight excluding hydrogens is 322 g/mol. The van der Waals surface area contributed by atoms with Crippen molar-refractivity contribution in [2.45, 2.75) is 81.4 Å². The van der Waals surface area contributed by atoms with Gasteiger partial charge in [-0.3, -0.25) is 0 Å². The van der Waals surface area contributed by atoms with Gasteiger partial charge in [0, 0.05) is 19.2 Å². The largest absolute Gasteiger partial charge is 0.378 e. The number of nitrogens with zero attached hydrogens (tertiary/aromatic N) is 1. The average molecular weight is 352 g/mol. The van der Waals surface area contributed by atoms with Crippen molar-refractivity contribution in [3.8, 4) is 0 Å². The summed E-state index contributed by atoms with van der Waals surface area (Å²) in [7, 11) is -1.71. The van der Waals surface area contributed by atoms with Crippen molar-refractivity contribution >= 4 is 10.0 Å². The fraction of sp³-hybridized carbons (Fsp3) is 0.684. The molecule has 134 valence electrons. The molecule has 2 heterocycles. The van der Waals surface area contributed by atoms with Crippen molar-refractivity contribution in [2.24, 2.45) is 0 Å². The molecule has 2 saturated heterocycles. The summed E-state index contributed by atoms with van der Waals surface area (Å²) in [4.78, 5) is 0.411. The summed E-state index contributed by atoms with van der Waals surface area (Å²) in [5, 5.41) is 0. The number of benzene rings is 1. The van der Waals surface area contributed by atoms with Crippen LogP contribution in [-0.2, 0) is 20.2 Å². The second-order valence-electron chi connectivity index (χ2n) is 8.56. The summed E-state index contributed by atoms with van der Waals surface area (Å²) in [6.45, 7) is 8.49. The van der Waals surface area contributed by atoms with Crippen LogP contribution in [-0.4, -0.2) is 37.5 Å². The van der Waals surface area contributed by atoms with E-state index in [1.54, 1.807) is 23.5 Å². The van der Waals surface area contributed by atoms with Crippen molar-refractivity contribution in [3.63, 3.8) is 0 Å². The molecule has 1 aromatic rings. The van der Waals surface area contributed by atoms with Gasteiger partial charge in [-0.05, 0) is 55.7 Å². The molecule has 2 atom stereocenters. The Balaban J connectivity index is 1.89. The summed E-state index contributed by atoms with van der Waals surface area (Å²) in [5.74, 6) is 0. The molecule has 3 rings (SSSR count). The van der Waals surface area contributed by atoms with Gasteiger partial charge in [0.15, 0.2) is 0 Å². The summed E-state index contributed by atoms with van der Waals surface area (Å²) in [6, 6.07) is 7.52. The third-order valence-electron chi connectivity index (χ3n) is 5.68. The molecule has 2 fully saturated rings. The Kier molecular flexibility index (Phi) is 4.34. The van der Waals surface area contributed by atoms with Crippen molar-refractivity contribution in [1.29, 1.82) is 0 Å². The van der Waals surface area contributed by atoms with Crippen molar-refractivity contribution in [1.82, 2.24) is 4.31 Å². The number of ether oxygens (including phenoxy) is 1. The normalized spacial score (nSPS) is 31.4. The second-order valence-corrected chi connectivity index (χ2v) is 10.4. The van der Waals surface area contributed by atoms with Crippen LogP contribution in [0.5, 0.6) is 0 Å². The molecule has 1 aromatic carbocycles. The SMILES string of the molecule is COC1(C)CC2CCC(C1)N2S(=O)(=O)c1ccc(C(C)(C)C)cc1.